The lowest BCUT2D eigenvalue weighted by molar-refractivity contribution is 0.0985. The number of ether oxygens (including phenoxy) is 1. The van der Waals surface area contributed by atoms with Gasteiger partial charge in [0.05, 0.1) is 6.61 Å². The van der Waals surface area contributed by atoms with Gasteiger partial charge in [0.15, 0.2) is 0 Å². The Balaban J connectivity index is 1.55. The standard InChI is InChI=1S/C22H22N4O2/c23-21(24)16-8-9-19-18(13-16)17(14-28-19)10-12-26(20-7-4-11-25-20)22(27)15-5-2-1-3-6-15/h1-9,11,13,17,25H,10,12,14H2,(H3,23,24). The van der Waals surface area contributed by atoms with E-state index in [1.54, 1.807) is 11.0 Å². The molecule has 2 heterocycles. The van der Waals surface area contributed by atoms with Crippen LogP contribution in [0.15, 0.2) is 66.9 Å². The zero-order valence-electron chi connectivity index (χ0n) is 15.4. The van der Waals surface area contributed by atoms with E-state index in [4.69, 9.17) is 15.9 Å². The van der Waals surface area contributed by atoms with Crippen LogP contribution in [0.1, 0.15) is 33.8 Å². The molecular weight excluding hydrogens is 352 g/mol. The van der Waals surface area contributed by atoms with Gasteiger partial charge in [0.2, 0.25) is 0 Å². The number of benzene rings is 2. The van der Waals surface area contributed by atoms with Gasteiger partial charge in [-0.15, -0.1) is 0 Å². The summed E-state index contributed by atoms with van der Waals surface area (Å²) >= 11 is 0. The Kier molecular flexibility index (Phi) is 4.85. The van der Waals surface area contributed by atoms with E-state index in [1.807, 2.05) is 60.8 Å². The molecule has 1 unspecified atom stereocenters. The molecule has 1 atom stereocenters. The van der Waals surface area contributed by atoms with E-state index in [1.165, 1.54) is 0 Å². The average molecular weight is 374 g/mol. The fourth-order valence-electron chi connectivity index (χ4n) is 3.53. The molecular formula is C22H22N4O2. The number of aromatic amines is 1. The number of amides is 1. The van der Waals surface area contributed by atoms with Crippen LogP contribution in [0.4, 0.5) is 5.82 Å². The van der Waals surface area contributed by atoms with Crippen LogP contribution in [0.25, 0.3) is 0 Å². The van der Waals surface area contributed by atoms with Crippen LogP contribution in [0.5, 0.6) is 5.75 Å². The van der Waals surface area contributed by atoms with Crippen LogP contribution in [-0.4, -0.2) is 29.9 Å². The molecule has 4 N–H and O–H groups in total. The highest BCUT2D eigenvalue weighted by Crippen LogP contribution is 2.37. The van der Waals surface area contributed by atoms with Crippen molar-refractivity contribution in [1.82, 2.24) is 4.98 Å². The molecule has 0 spiro atoms. The molecule has 4 rings (SSSR count). The van der Waals surface area contributed by atoms with Crippen LogP contribution in [0.3, 0.4) is 0 Å². The highest BCUT2D eigenvalue weighted by Gasteiger charge is 2.27. The molecule has 3 aromatic rings. The van der Waals surface area contributed by atoms with Gasteiger partial charge in [-0.2, -0.15) is 0 Å². The Morgan fingerprint density at radius 1 is 1.14 bits per heavy atom. The third-order valence-corrected chi connectivity index (χ3v) is 5.04. The lowest BCUT2D eigenvalue weighted by Crippen LogP contribution is -2.33. The van der Waals surface area contributed by atoms with Crippen LogP contribution in [0, 0.1) is 5.41 Å². The molecule has 1 amide bonds. The number of hydrogen-bond acceptors (Lipinski definition) is 3. The van der Waals surface area contributed by atoms with E-state index in [0.717, 1.165) is 23.6 Å². The van der Waals surface area contributed by atoms with E-state index >= 15 is 0 Å². The van der Waals surface area contributed by atoms with Crippen molar-refractivity contribution >= 4 is 17.6 Å². The van der Waals surface area contributed by atoms with Crippen molar-refractivity contribution in [2.24, 2.45) is 5.73 Å². The van der Waals surface area contributed by atoms with E-state index in [0.29, 0.717) is 24.3 Å². The minimum Gasteiger partial charge on any atom is -0.493 e. The van der Waals surface area contributed by atoms with E-state index in [-0.39, 0.29) is 17.7 Å². The van der Waals surface area contributed by atoms with Crippen molar-refractivity contribution in [3.63, 3.8) is 0 Å². The van der Waals surface area contributed by atoms with Crippen molar-refractivity contribution in [2.75, 3.05) is 18.1 Å². The number of nitrogens with one attached hydrogen (secondary N) is 2. The lowest BCUT2D eigenvalue weighted by Gasteiger charge is -2.23. The molecule has 28 heavy (non-hydrogen) atoms. The predicted molar refractivity (Wildman–Crippen MR) is 109 cm³/mol. The number of amidine groups is 1. The first-order valence-electron chi connectivity index (χ1n) is 9.25. The smallest absolute Gasteiger partial charge is 0.259 e. The van der Waals surface area contributed by atoms with Crippen LogP contribution in [0.2, 0.25) is 0 Å². The first kappa shape index (κ1) is 17.9. The molecule has 0 bridgehead atoms. The molecule has 0 saturated heterocycles. The zero-order valence-corrected chi connectivity index (χ0v) is 15.4. The molecule has 0 radical (unpaired) electrons. The quantitative estimate of drug-likeness (QED) is 0.455. The summed E-state index contributed by atoms with van der Waals surface area (Å²) in [4.78, 5) is 18.0. The number of carbonyl (C=O) groups is 1. The summed E-state index contributed by atoms with van der Waals surface area (Å²) in [6.45, 7) is 1.11. The van der Waals surface area contributed by atoms with Gasteiger partial charge in [0.25, 0.3) is 5.91 Å². The molecule has 0 fully saturated rings. The summed E-state index contributed by atoms with van der Waals surface area (Å²) in [5.41, 5.74) is 8.02. The maximum Gasteiger partial charge on any atom is 0.259 e. The minimum atomic E-state index is -0.0420. The summed E-state index contributed by atoms with van der Waals surface area (Å²) in [5.74, 6) is 1.75. The second-order valence-electron chi connectivity index (χ2n) is 6.84. The van der Waals surface area contributed by atoms with Gasteiger partial charge in [0, 0.05) is 35.3 Å². The first-order valence-corrected chi connectivity index (χ1v) is 9.25. The normalized spacial score (nSPS) is 14.9. The van der Waals surface area contributed by atoms with Gasteiger partial charge in [-0.1, -0.05) is 18.2 Å². The predicted octanol–water partition coefficient (Wildman–Crippen LogP) is 3.51. The number of nitrogens with zero attached hydrogens (tertiary/aromatic N) is 1. The van der Waals surface area contributed by atoms with Gasteiger partial charge in [-0.3, -0.25) is 15.1 Å². The number of H-pyrrole nitrogens is 1. The fraction of sp³-hybridized carbons (Fsp3) is 0.182. The van der Waals surface area contributed by atoms with Crippen LogP contribution >= 0.6 is 0 Å². The number of carbonyl (C=O) groups excluding carboxylic acids is 1. The SMILES string of the molecule is N=C(N)c1ccc2c(c1)C(CCN(C(=O)c1ccccc1)c1ccc[nH]1)CO2. The van der Waals surface area contributed by atoms with E-state index in [2.05, 4.69) is 4.98 Å². The third kappa shape index (κ3) is 3.49. The molecule has 2 aromatic carbocycles. The highest BCUT2D eigenvalue weighted by molar-refractivity contribution is 6.05. The highest BCUT2D eigenvalue weighted by atomic mass is 16.5. The molecule has 1 aromatic heterocycles. The summed E-state index contributed by atoms with van der Waals surface area (Å²) in [7, 11) is 0. The molecule has 142 valence electrons. The second kappa shape index (κ2) is 7.60. The second-order valence-corrected chi connectivity index (χ2v) is 6.84. The average Bonchev–Trinajstić information content (AvgIpc) is 3.38. The monoisotopic (exact) mass is 374 g/mol. The van der Waals surface area contributed by atoms with Crippen molar-refractivity contribution in [3.8, 4) is 5.75 Å². The Morgan fingerprint density at radius 2 is 1.96 bits per heavy atom. The number of rotatable bonds is 6. The Hall–Kier alpha value is -3.54. The zero-order chi connectivity index (χ0) is 19.5. The van der Waals surface area contributed by atoms with Gasteiger partial charge < -0.3 is 15.5 Å². The van der Waals surface area contributed by atoms with Crippen molar-refractivity contribution in [1.29, 1.82) is 5.41 Å². The Labute approximate surface area is 163 Å². The number of anilines is 1. The van der Waals surface area contributed by atoms with Gasteiger partial charge in [-0.25, -0.2) is 0 Å². The Bertz CT molecular complexity index is 983. The topological polar surface area (TPSA) is 95.2 Å². The van der Waals surface area contributed by atoms with Crippen molar-refractivity contribution < 1.29 is 9.53 Å². The summed E-state index contributed by atoms with van der Waals surface area (Å²) in [6.07, 6.45) is 2.56. The number of fused-ring (bicyclic) bond motifs is 1. The van der Waals surface area contributed by atoms with Crippen molar-refractivity contribution in [3.05, 3.63) is 83.6 Å². The van der Waals surface area contributed by atoms with Gasteiger partial charge >= 0.3 is 0 Å². The van der Waals surface area contributed by atoms with Crippen LogP contribution < -0.4 is 15.4 Å². The van der Waals surface area contributed by atoms with Crippen LogP contribution in [-0.2, 0) is 0 Å². The first-order chi connectivity index (χ1) is 13.6. The van der Waals surface area contributed by atoms with E-state index in [9.17, 15) is 4.79 Å². The lowest BCUT2D eigenvalue weighted by atomic mass is 9.95. The minimum absolute atomic E-state index is 0.0420. The summed E-state index contributed by atoms with van der Waals surface area (Å²) in [6, 6.07) is 18.6. The molecule has 1 aliphatic heterocycles. The maximum absolute atomic E-state index is 13.1. The molecule has 1 aliphatic rings. The molecule has 0 saturated carbocycles. The number of nitrogens with two attached hydrogens (primary N) is 1. The Morgan fingerprint density at radius 3 is 2.68 bits per heavy atom. The van der Waals surface area contributed by atoms with Gasteiger partial charge in [-0.05, 0) is 48.9 Å². The number of nitrogen functional groups attached to an aromatic ring is 1. The molecule has 6 heteroatoms. The number of hydrogen-bond donors (Lipinski definition) is 3. The molecule has 0 aliphatic carbocycles. The molecule has 6 nitrogen and oxygen atoms in total. The summed E-state index contributed by atoms with van der Waals surface area (Å²) < 4.78 is 5.79. The van der Waals surface area contributed by atoms with Gasteiger partial charge in [0.1, 0.15) is 17.4 Å². The third-order valence-electron chi connectivity index (χ3n) is 5.04. The fourth-order valence-corrected chi connectivity index (χ4v) is 3.53. The van der Waals surface area contributed by atoms with E-state index < -0.39 is 0 Å². The summed E-state index contributed by atoms with van der Waals surface area (Å²) in [5, 5.41) is 7.66. The van der Waals surface area contributed by atoms with Crippen molar-refractivity contribution in [2.45, 2.75) is 12.3 Å². The number of aromatic nitrogens is 1. The maximum atomic E-state index is 13.1. The largest absolute Gasteiger partial charge is 0.493 e.